The molecule has 1 aromatic carbocycles. The minimum absolute atomic E-state index is 0.00193. The minimum Gasteiger partial charge on any atom is -0.454 e. The molecule has 0 saturated heterocycles. The third-order valence-corrected chi connectivity index (χ3v) is 4.54. The lowest BCUT2D eigenvalue weighted by atomic mass is 10.1. The van der Waals surface area contributed by atoms with Crippen LogP contribution in [0, 0.1) is 0 Å². The Morgan fingerprint density at radius 2 is 1.93 bits per heavy atom. The smallest absolute Gasteiger partial charge is 0.434 e. The van der Waals surface area contributed by atoms with Gasteiger partial charge in [-0.1, -0.05) is 0 Å². The molecular formula is C16H15F5N4O3S. The van der Waals surface area contributed by atoms with Crippen LogP contribution in [0.4, 0.5) is 22.0 Å². The lowest BCUT2D eigenvalue weighted by molar-refractivity contribution is -0.140. The van der Waals surface area contributed by atoms with Gasteiger partial charge in [-0.3, -0.25) is 4.99 Å². The molecule has 0 radical (unpaired) electrons. The van der Waals surface area contributed by atoms with E-state index in [2.05, 4.69) is 25.3 Å². The van der Waals surface area contributed by atoms with E-state index in [0.29, 0.717) is 11.3 Å². The van der Waals surface area contributed by atoms with Gasteiger partial charge in [-0.25, -0.2) is 4.98 Å². The molecule has 29 heavy (non-hydrogen) atoms. The van der Waals surface area contributed by atoms with Crippen molar-refractivity contribution in [3.05, 3.63) is 33.8 Å². The number of alkyl halides is 5. The monoisotopic (exact) mass is 438 g/mol. The second-order valence-corrected chi connectivity index (χ2v) is 6.54. The number of hydrogen-bond acceptors (Lipinski definition) is 6. The van der Waals surface area contributed by atoms with Crippen LogP contribution in [0.1, 0.15) is 16.3 Å². The SMILES string of the molecule is CN=C(NCc1nc(C(F)(F)F)cs1)NCc1cc2c(cc1OC(F)F)OCO2. The van der Waals surface area contributed by atoms with Crippen LogP contribution in [-0.4, -0.2) is 31.4 Å². The predicted molar refractivity (Wildman–Crippen MR) is 93.4 cm³/mol. The van der Waals surface area contributed by atoms with Gasteiger partial charge in [0.1, 0.15) is 10.8 Å². The molecule has 13 heteroatoms. The first-order chi connectivity index (χ1) is 13.8. The van der Waals surface area contributed by atoms with Gasteiger partial charge in [0, 0.05) is 30.6 Å². The number of guanidine groups is 1. The van der Waals surface area contributed by atoms with Crippen LogP contribution in [0.2, 0.25) is 0 Å². The Labute approximate surface area is 165 Å². The largest absolute Gasteiger partial charge is 0.454 e. The van der Waals surface area contributed by atoms with Crippen molar-refractivity contribution in [1.29, 1.82) is 0 Å². The number of aromatic nitrogens is 1. The number of thiazole rings is 1. The third kappa shape index (κ3) is 5.37. The van der Waals surface area contributed by atoms with Gasteiger partial charge in [0.2, 0.25) is 6.79 Å². The van der Waals surface area contributed by atoms with Gasteiger partial charge < -0.3 is 24.8 Å². The van der Waals surface area contributed by atoms with Gasteiger partial charge in [0.15, 0.2) is 23.2 Å². The maximum Gasteiger partial charge on any atom is 0.434 e. The first-order valence-corrected chi connectivity index (χ1v) is 8.97. The summed E-state index contributed by atoms with van der Waals surface area (Å²) < 4.78 is 78.0. The zero-order chi connectivity index (χ0) is 21.0. The first kappa shape index (κ1) is 20.9. The van der Waals surface area contributed by atoms with E-state index in [-0.39, 0.29) is 42.3 Å². The van der Waals surface area contributed by atoms with Crippen LogP contribution in [0.5, 0.6) is 17.2 Å². The van der Waals surface area contributed by atoms with Crippen molar-refractivity contribution >= 4 is 17.3 Å². The zero-order valence-electron chi connectivity index (χ0n) is 14.8. The Balaban J connectivity index is 1.63. The Kier molecular flexibility index (Phi) is 6.25. The number of nitrogens with one attached hydrogen (secondary N) is 2. The number of ether oxygens (including phenoxy) is 3. The molecule has 0 unspecified atom stereocenters. The van der Waals surface area contributed by atoms with Crippen LogP contribution in [-0.2, 0) is 19.3 Å². The van der Waals surface area contributed by atoms with E-state index in [1.807, 2.05) is 0 Å². The van der Waals surface area contributed by atoms with Crippen molar-refractivity contribution < 1.29 is 36.2 Å². The van der Waals surface area contributed by atoms with E-state index in [9.17, 15) is 22.0 Å². The Bertz CT molecular complexity index is 888. The Morgan fingerprint density at radius 3 is 2.55 bits per heavy atom. The third-order valence-electron chi connectivity index (χ3n) is 3.69. The number of rotatable bonds is 6. The molecule has 2 N–H and O–H groups in total. The molecule has 1 aliphatic heterocycles. The molecule has 0 fully saturated rings. The number of hydrogen-bond donors (Lipinski definition) is 2. The summed E-state index contributed by atoms with van der Waals surface area (Å²) in [6.45, 7) is -3.03. The fourth-order valence-corrected chi connectivity index (χ4v) is 3.13. The van der Waals surface area contributed by atoms with Crippen molar-refractivity contribution in [3.63, 3.8) is 0 Å². The van der Waals surface area contributed by atoms with Crippen molar-refractivity contribution in [2.75, 3.05) is 13.8 Å². The topological polar surface area (TPSA) is 77.0 Å². The molecule has 0 aliphatic carbocycles. The molecule has 1 aliphatic rings. The summed E-state index contributed by atoms with van der Waals surface area (Å²) in [5.41, 5.74) is -0.609. The van der Waals surface area contributed by atoms with Crippen LogP contribution in [0.15, 0.2) is 22.5 Å². The average molecular weight is 438 g/mol. The first-order valence-electron chi connectivity index (χ1n) is 8.09. The van der Waals surface area contributed by atoms with Crippen molar-refractivity contribution in [3.8, 4) is 17.2 Å². The molecular weight excluding hydrogens is 423 g/mol. The van der Waals surface area contributed by atoms with Crippen molar-refractivity contribution in [1.82, 2.24) is 15.6 Å². The lowest BCUT2D eigenvalue weighted by Gasteiger charge is -2.15. The molecule has 7 nitrogen and oxygen atoms in total. The molecule has 2 aromatic rings. The molecule has 0 saturated carbocycles. The number of halogens is 5. The maximum atomic E-state index is 12.7. The summed E-state index contributed by atoms with van der Waals surface area (Å²) in [7, 11) is 1.45. The zero-order valence-corrected chi connectivity index (χ0v) is 15.7. The fraction of sp³-hybridized carbons (Fsp3) is 0.375. The normalized spacial score (nSPS) is 13.7. The highest BCUT2D eigenvalue weighted by Crippen LogP contribution is 2.38. The maximum absolute atomic E-state index is 12.7. The van der Waals surface area contributed by atoms with E-state index in [1.54, 1.807) is 0 Å². The van der Waals surface area contributed by atoms with E-state index in [0.717, 1.165) is 16.7 Å². The number of aliphatic imine (C=N–C) groups is 1. The highest BCUT2D eigenvalue weighted by Gasteiger charge is 2.33. The number of benzene rings is 1. The summed E-state index contributed by atoms with van der Waals surface area (Å²) in [5, 5.41) is 6.82. The Hall–Kier alpha value is -2.83. The van der Waals surface area contributed by atoms with Gasteiger partial charge in [0.25, 0.3) is 0 Å². The molecule has 0 bridgehead atoms. The molecule has 3 rings (SSSR count). The molecule has 0 amide bonds. The fourth-order valence-electron chi connectivity index (χ4n) is 2.39. The van der Waals surface area contributed by atoms with E-state index in [1.165, 1.54) is 19.2 Å². The molecule has 0 spiro atoms. The van der Waals surface area contributed by atoms with Gasteiger partial charge in [-0.05, 0) is 6.07 Å². The van der Waals surface area contributed by atoms with Gasteiger partial charge in [-0.2, -0.15) is 22.0 Å². The summed E-state index contributed by atoms with van der Waals surface area (Å²) in [6.07, 6.45) is -4.50. The van der Waals surface area contributed by atoms with Crippen molar-refractivity contribution in [2.24, 2.45) is 4.99 Å². The minimum atomic E-state index is -4.50. The summed E-state index contributed by atoms with van der Waals surface area (Å²) >= 11 is 0.856. The number of nitrogens with zero attached hydrogens (tertiary/aromatic N) is 2. The van der Waals surface area contributed by atoms with Gasteiger partial charge in [0.05, 0.1) is 6.54 Å². The van der Waals surface area contributed by atoms with Crippen LogP contribution < -0.4 is 24.8 Å². The summed E-state index contributed by atoms with van der Waals surface area (Å²) in [6, 6.07) is 2.80. The van der Waals surface area contributed by atoms with E-state index < -0.39 is 18.5 Å². The standard InChI is InChI=1S/C16H15F5N4O3S/c1-22-15(24-5-13-25-12(6-29-13)16(19,20)21)23-4-8-2-10-11(27-7-26-10)3-9(8)28-14(17)18/h2-3,6,14H,4-5,7H2,1H3,(H2,22,23,24). The molecule has 2 heterocycles. The summed E-state index contributed by atoms with van der Waals surface area (Å²) in [5.74, 6) is 0.807. The predicted octanol–water partition coefficient (Wildman–Crippen LogP) is 3.36. The lowest BCUT2D eigenvalue weighted by Crippen LogP contribution is -2.36. The van der Waals surface area contributed by atoms with Crippen LogP contribution in [0.3, 0.4) is 0 Å². The van der Waals surface area contributed by atoms with Gasteiger partial charge in [-0.15, -0.1) is 11.3 Å². The van der Waals surface area contributed by atoms with Gasteiger partial charge >= 0.3 is 12.8 Å². The van der Waals surface area contributed by atoms with Crippen LogP contribution >= 0.6 is 11.3 Å². The van der Waals surface area contributed by atoms with E-state index >= 15 is 0 Å². The molecule has 158 valence electrons. The van der Waals surface area contributed by atoms with Crippen molar-refractivity contribution in [2.45, 2.75) is 25.9 Å². The molecule has 1 aromatic heterocycles. The van der Waals surface area contributed by atoms with Crippen LogP contribution in [0.25, 0.3) is 0 Å². The average Bonchev–Trinajstić information content (AvgIpc) is 3.29. The van der Waals surface area contributed by atoms with E-state index in [4.69, 9.17) is 9.47 Å². The quantitative estimate of drug-likeness (QED) is 0.409. The Morgan fingerprint density at radius 1 is 1.24 bits per heavy atom. The number of fused-ring (bicyclic) bond motifs is 1. The second kappa shape index (κ2) is 8.68. The highest BCUT2D eigenvalue weighted by atomic mass is 32.1. The summed E-state index contributed by atoms with van der Waals surface area (Å²) in [4.78, 5) is 7.45. The molecule has 0 atom stereocenters. The highest BCUT2D eigenvalue weighted by molar-refractivity contribution is 7.09. The second-order valence-electron chi connectivity index (χ2n) is 5.60.